The molecular weight excluding hydrogens is 214 g/mol. The first-order valence-corrected chi connectivity index (χ1v) is 5.99. The number of hydrogen-bond donors (Lipinski definition) is 1. The molecule has 0 radical (unpaired) electrons. The summed E-state index contributed by atoms with van der Waals surface area (Å²) in [6.45, 7) is 1.98. The molecule has 1 aromatic rings. The van der Waals surface area contributed by atoms with Crippen molar-refractivity contribution >= 4 is 11.6 Å². The van der Waals surface area contributed by atoms with Gasteiger partial charge in [-0.25, -0.2) is 0 Å². The zero-order valence-corrected chi connectivity index (χ0v) is 10.4. The topological polar surface area (TPSA) is 59.2 Å². The van der Waals surface area contributed by atoms with Gasteiger partial charge in [0.25, 0.3) is 0 Å². The lowest BCUT2D eigenvalue weighted by Gasteiger charge is -2.32. The van der Waals surface area contributed by atoms with E-state index < -0.39 is 5.41 Å². The van der Waals surface area contributed by atoms with Gasteiger partial charge >= 0.3 is 0 Å². The van der Waals surface area contributed by atoms with Crippen LogP contribution in [0.3, 0.4) is 0 Å². The fourth-order valence-corrected chi connectivity index (χ4v) is 2.53. The van der Waals surface area contributed by atoms with Gasteiger partial charge in [-0.3, -0.25) is 9.78 Å². The van der Waals surface area contributed by atoms with Gasteiger partial charge in [0.2, 0.25) is 5.91 Å². The Morgan fingerprint density at radius 1 is 1.53 bits per heavy atom. The van der Waals surface area contributed by atoms with Gasteiger partial charge in [0.1, 0.15) is 0 Å². The van der Waals surface area contributed by atoms with Crippen molar-refractivity contribution < 1.29 is 4.79 Å². The Morgan fingerprint density at radius 2 is 2.18 bits per heavy atom. The van der Waals surface area contributed by atoms with Crippen molar-refractivity contribution in [3.8, 4) is 0 Å². The first-order valence-electron chi connectivity index (χ1n) is 5.99. The number of hydrogen-bond acceptors (Lipinski definition) is 3. The molecule has 4 heteroatoms. The summed E-state index contributed by atoms with van der Waals surface area (Å²) in [7, 11) is 1.80. The van der Waals surface area contributed by atoms with E-state index in [2.05, 4.69) is 4.98 Å². The molecule has 2 N–H and O–H groups in total. The summed E-state index contributed by atoms with van der Waals surface area (Å²) in [5.74, 6) is 0.105. The molecule has 1 aromatic heterocycles. The quantitative estimate of drug-likeness (QED) is 0.843. The van der Waals surface area contributed by atoms with Gasteiger partial charge in [0.05, 0.1) is 5.41 Å². The van der Waals surface area contributed by atoms with E-state index in [1.165, 1.54) is 0 Å². The molecule has 0 aliphatic heterocycles. The predicted molar refractivity (Wildman–Crippen MR) is 67.6 cm³/mol. The molecule has 1 aliphatic rings. The summed E-state index contributed by atoms with van der Waals surface area (Å²) in [5.41, 5.74) is 6.52. The van der Waals surface area contributed by atoms with Gasteiger partial charge in [0, 0.05) is 31.2 Å². The number of pyridine rings is 1. The Labute approximate surface area is 102 Å². The van der Waals surface area contributed by atoms with Crippen LogP contribution in [0.1, 0.15) is 26.2 Å². The normalized spacial score (nSPS) is 28.1. The van der Waals surface area contributed by atoms with Crippen LogP contribution in [0.5, 0.6) is 0 Å². The summed E-state index contributed by atoms with van der Waals surface area (Å²) >= 11 is 0. The van der Waals surface area contributed by atoms with E-state index in [0.717, 1.165) is 24.9 Å². The molecule has 2 unspecified atom stereocenters. The highest BCUT2D eigenvalue weighted by atomic mass is 16.2. The summed E-state index contributed by atoms with van der Waals surface area (Å²) in [6.07, 6.45) is 6.23. The molecule has 92 valence electrons. The molecule has 0 aromatic carbocycles. The van der Waals surface area contributed by atoms with Crippen molar-refractivity contribution in [3.63, 3.8) is 0 Å². The van der Waals surface area contributed by atoms with Crippen molar-refractivity contribution in [2.75, 3.05) is 11.9 Å². The number of carbonyl (C=O) groups excluding carboxylic acids is 1. The molecule has 1 aliphatic carbocycles. The molecule has 2 rings (SSSR count). The fraction of sp³-hybridized carbons (Fsp3) is 0.538. The zero-order chi connectivity index (χ0) is 12.5. The lowest BCUT2D eigenvalue weighted by Crippen LogP contribution is -2.48. The second kappa shape index (κ2) is 4.45. The van der Waals surface area contributed by atoms with E-state index in [1.807, 2.05) is 19.1 Å². The van der Waals surface area contributed by atoms with Crippen LogP contribution < -0.4 is 10.6 Å². The standard InChI is InChI=1S/C13H19N3O/c1-13(7-3-4-11(13)14)12(17)16(2)10-5-8-15-9-6-10/h5-6,8-9,11H,3-4,7,14H2,1-2H3. The van der Waals surface area contributed by atoms with Crippen LogP contribution in [0, 0.1) is 5.41 Å². The van der Waals surface area contributed by atoms with E-state index in [0.29, 0.717) is 0 Å². The summed E-state index contributed by atoms with van der Waals surface area (Å²) in [5, 5.41) is 0. The molecule has 1 saturated carbocycles. The summed E-state index contributed by atoms with van der Waals surface area (Å²) < 4.78 is 0. The fourth-order valence-electron chi connectivity index (χ4n) is 2.53. The van der Waals surface area contributed by atoms with Crippen molar-refractivity contribution in [1.82, 2.24) is 4.98 Å². The minimum absolute atomic E-state index is 0.0284. The molecule has 1 amide bonds. The SMILES string of the molecule is CN(C(=O)C1(C)CCCC1N)c1ccncc1. The lowest BCUT2D eigenvalue weighted by atomic mass is 9.83. The Balaban J connectivity index is 2.21. The third-order valence-electron chi connectivity index (χ3n) is 3.87. The highest BCUT2D eigenvalue weighted by Gasteiger charge is 2.44. The van der Waals surface area contributed by atoms with Crippen molar-refractivity contribution in [3.05, 3.63) is 24.5 Å². The third kappa shape index (κ3) is 2.05. The van der Waals surface area contributed by atoms with Crippen molar-refractivity contribution in [2.45, 2.75) is 32.2 Å². The number of carbonyl (C=O) groups is 1. The number of aromatic nitrogens is 1. The first-order chi connectivity index (χ1) is 8.05. The van der Waals surface area contributed by atoms with Crippen LogP contribution in [0.25, 0.3) is 0 Å². The zero-order valence-electron chi connectivity index (χ0n) is 10.4. The maximum Gasteiger partial charge on any atom is 0.234 e. The molecule has 1 fully saturated rings. The smallest absolute Gasteiger partial charge is 0.234 e. The molecule has 1 heterocycles. The molecule has 0 saturated heterocycles. The largest absolute Gasteiger partial charge is 0.327 e. The molecule has 4 nitrogen and oxygen atoms in total. The molecule has 17 heavy (non-hydrogen) atoms. The number of rotatable bonds is 2. The Morgan fingerprint density at radius 3 is 2.71 bits per heavy atom. The molecular formula is C13H19N3O. The average molecular weight is 233 g/mol. The maximum absolute atomic E-state index is 12.5. The summed E-state index contributed by atoms with van der Waals surface area (Å²) in [4.78, 5) is 18.1. The summed E-state index contributed by atoms with van der Waals surface area (Å²) in [6, 6.07) is 3.64. The van der Waals surface area contributed by atoms with E-state index in [1.54, 1.807) is 24.3 Å². The second-order valence-electron chi connectivity index (χ2n) is 4.99. The van der Waals surface area contributed by atoms with E-state index in [4.69, 9.17) is 5.73 Å². The van der Waals surface area contributed by atoms with Crippen LogP contribution in [0.2, 0.25) is 0 Å². The maximum atomic E-state index is 12.5. The van der Waals surface area contributed by atoms with Gasteiger partial charge < -0.3 is 10.6 Å². The van der Waals surface area contributed by atoms with Crippen LogP contribution >= 0.6 is 0 Å². The highest BCUT2D eigenvalue weighted by molar-refractivity contribution is 5.97. The molecule has 0 spiro atoms. The highest BCUT2D eigenvalue weighted by Crippen LogP contribution is 2.38. The van der Waals surface area contributed by atoms with Crippen LogP contribution in [-0.4, -0.2) is 24.0 Å². The van der Waals surface area contributed by atoms with E-state index in [-0.39, 0.29) is 11.9 Å². The Kier molecular flexibility index (Phi) is 3.15. The minimum atomic E-state index is -0.419. The monoisotopic (exact) mass is 233 g/mol. The predicted octanol–water partition coefficient (Wildman–Crippen LogP) is 1.56. The van der Waals surface area contributed by atoms with Crippen molar-refractivity contribution in [2.24, 2.45) is 11.1 Å². The van der Waals surface area contributed by atoms with Crippen LogP contribution in [0.15, 0.2) is 24.5 Å². The third-order valence-corrected chi connectivity index (χ3v) is 3.87. The Bertz CT molecular complexity index is 406. The van der Waals surface area contributed by atoms with E-state index >= 15 is 0 Å². The van der Waals surface area contributed by atoms with Gasteiger partial charge in [-0.1, -0.05) is 6.42 Å². The van der Waals surface area contributed by atoms with Gasteiger partial charge in [0.15, 0.2) is 0 Å². The van der Waals surface area contributed by atoms with Gasteiger partial charge in [-0.05, 0) is 31.9 Å². The molecule has 0 bridgehead atoms. The Hall–Kier alpha value is -1.42. The minimum Gasteiger partial charge on any atom is -0.327 e. The number of nitrogens with two attached hydrogens (primary N) is 1. The number of anilines is 1. The van der Waals surface area contributed by atoms with E-state index in [9.17, 15) is 4.79 Å². The van der Waals surface area contributed by atoms with Crippen LogP contribution in [-0.2, 0) is 4.79 Å². The lowest BCUT2D eigenvalue weighted by molar-refractivity contribution is -0.127. The second-order valence-corrected chi connectivity index (χ2v) is 4.99. The first kappa shape index (κ1) is 12.0. The molecule has 2 atom stereocenters. The van der Waals surface area contributed by atoms with Crippen molar-refractivity contribution in [1.29, 1.82) is 0 Å². The van der Waals surface area contributed by atoms with Gasteiger partial charge in [-0.2, -0.15) is 0 Å². The van der Waals surface area contributed by atoms with Crippen LogP contribution in [0.4, 0.5) is 5.69 Å². The average Bonchev–Trinajstić information content (AvgIpc) is 2.70. The number of amides is 1. The number of nitrogens with zero attached hydrogens (tertiary/aromatic N) is 2. The van der Waals surface area contributed by atoms with Gasteiger partial charge in [-0.15, -0.1) is 0 Å².